The molecule has 0 aromatic carbocycles. The van der Waals surface area contributed by atoms with Crippen molar-refractivity contribution < 1.29 is 4.39 Å². The molecule has 24 heavy (non-hydrogen) atoms. The third-order valence-electron chi connectivity index (χ3n) is 5.23. The van der Waals surface area contributed by atoms with Crippen LogP contribution < -0.4 is 15.8 Å². The first-order valence-corrected chi connectivity index (χ1v) is 8.81. The average molecular weight is 329 g/mol. The lowest BCUT2D eigenvalue weighted by Crippen LogP contribution is -2.54. The molecule has 0 bridgehead atoms. The van der Waals surface area contributed by atoms with Gasteiger partial charge in [-0.1, -0.05) is 6.07 Å². The lowest BCUT2D eigenvalue weighted by molar-refractivity contribution is 0.403. The van der Waals surface area contributed by atoms with Crippen molar-refractivity contribution in [3.63, 3.8) is 0 Å². The topological polar surface area (TPSA) is 36.8 Å². The van der Waals surface area contributed by atoms with E-state index in [0.29, 0.717) is 23.7 Å². The number of aromatic nitrogens is 1. The van der Waals surface area contributed by atoms with E-state index in [-0.39, 0.29) is 11.4 Å². The van der Waals surface area contributed by atoms with Crippen LogP contribution in [-0.4, -0.2) is 29.6 Å². The predicted octanol–water partition coefficient (Wildman–Crippen LogP) is 2.81. The van der Waals surface area contributed by atoms with Gasteiger partial charge in [-0.3, -0.25) is 9.20 Å². The maximum atomic E-state index is 14.9. The van der Waals surface area contributed by atoms with Crippen LogP contribution in [0.2, 0.25) is 0 Å². The van der Waals surface area contributed by atoms with Crippen LogP contribution in [0.1, 0.15) is 43.7 Å². The predicted molar refractivity (Wildman–Crippen MR) is 94.6 cm³/mol. The van der Waals surface area contributed by atoms with Crippen molar-refractivity contribution in [3.8, 4) is 0 Å². The second kappa shape index (κ2) is 5.59. The molecule has 4 rings (SSSR count). The first kappa shape index (κ1) is 15.6. The fourth-order valence-corrected chi connectivity index (χ4v) is 4.18. The number of pyridine rings is 2. The zero-order valence-electron chi connectivity index (χ0n) is 14.5. The lowest BCUT2D eigenvalue weighted by Gasteiger charge is -2.38. The average Bonchev–Trinajstić information content (AvgIpc) is 3.32. The second-order valence-corrected chi connectivity index (χ2v) is 7.44. The number of fused-ring (bicyclic) bond motifs is 1. The Morgan fingerprint density at radius 2 is 1.83 bits per heavy atom. The summed E-state index contributed by atoms with van der Waals surface area (Å²) in [5, 5.41) is 3.48. The molecule has 0 amide bonds. The van der Waals surface area contributed by atoms with Gasteiger partial charge in [-0.05, 0) is 50.7 Å². The number of hydrogen-bond acceptors (Lipinski definition) is 3. The van der Waals surface area contributed by atoms with Gasteiger partial charge in [-0.25, -0.2) is 4.39 Å². The van der Waals surface area contributed by atoms with Gasteiger partial charge >= 0.3 is 0 Å². The number of anilines is 1. The van der Waals surface area contributed by atoms with E-state index in [2.05, 4.69) is 24.1 Å². The van der Waals surface area contributed by atoms with E-state index in [9.17, 15) is 9.18 Å². The molecule has 3 heterocycles. The van der Waals surface area contributed by atoms with Gasteiger partial charge in [0.15, 0.2) is 5.82 Å². The van der Waals surface area contributed by atoms with Crippen molar-refractivity contribution >= 4 is 11.2 Å². The summed E-state index contributed by atoms with van der Waals surface area (Å²) in [6.07, 6.45) is 3.69. The van der Waals surface area contributed by atoms with E-state index in [4.69, 9.17) is 0 Å². The SMILES string of the molecule is Cc1c(N2C[C@@H](C)N[C@@H](C)C2)c(F)cn2c(=O)ccc(C3CC3)c12. The second-order valence-electron chi connectivity index (χ2n) is 7.44. The Bertz CT molecular complexity index is 846. The molecule has 1 saturated carbocycles. The molecule has 0 radical (unpaired) electrons. The summed E-state index contributed by atoms with van der Waals surface area (Å²) in [5.41, 5.74) is 3.47. The third kappa shape index (κ3) is 2.51. The van der Waals surface area contributed by atoms with Crippen molar-refractivity contribution in [1.29, 1.82) is 0 Å². The minimum absolute atomic E-state index is 0.162. The number of hydrogen-bond donors (Lipinski definition) is 1. The van der Waals surface area contributed by atoms with Crippen molar-refractivity contribution in [2.45, 2.75) is 51.6 Å². The standard InChI is InChI=1S/C19H24FN3O/c1-11-8-22(9-12(2)21-11)19-13(3)18-15(14-4-5-14)6-7-17(24)23(18)10-16(19)20/h6-7,10-12,14,21H,4-5,8-9H2,1-3H3/t11-,12+. The van der Waals surface area contributed by atoms with E-state index in [1.807, 2.05) is 13.0 Å². The number of piperazine rings is 1. The summed E-state index contributed by atoms with van der Waals surface area (Å²) in [6, 6.07) is 4.12. The number of nitrogens with zero attached hydrogens (tertiary/aromatic N) is 2. The van der Waals surface area contributed by atoms with Crippen LogP contribution in [0.4, 0.5) is 10.1 Å². The number of rotatable bonds is 2. The molecule has 0 spiro atoms. The van der Waals surface area contributed by atoms with Gasteiger partial charge in [0.2, 0.25) is 0 Å². The fourth-order valence-electron chi connectivity index (χ4n) is 4.18. The molecule has 2 fully saturated rings. The number of nitrogens with one attached hydrogen (secondary N) is 1. The molecule has 2 atom stereocenters. The number of halogens is 1. The van der Waals surface area contributed by atoms with Crippen molar-refractivity contribution in [3.05, 3.63) is 45.6 Å². The van der Waals surface area contributed by atoms with Crippen LogP contribution in [0, 0.1) is 12.7 Å². The van der Waals surface area contributed by atoms with Crippen LogP contribution in [0.3, 0.4) is 0 Å². The van der Waals surface area contributed by atoms with E-state index < -0.39 is 0 Å². The first-order valence-electron chi connectivity index (χ1n) is 8.81. The van der Waals surface area contributed by atoms with E-state index in [1.165, 1.54) is 16.2 Å². The molecule has 1 aliphatic heterocycles. The maximum absolute atomic E-state index is 14.9. The fraction of sp³-hybridized carbons (Fsp3) is 0.526. The highest BCUT2D eigenvalue weighted by atomic mass is 19.1. The highest BCUT2D eigenvalue weighted by molar-refractivity contribution is 5.73. The smallest absolute Gasteiger partial charge is 0.255 e. The molecule has 5 heteroatoms. The van der Waals surface area contributed by atoms with E-state index >= 15 is 0 Å². The molecular formula is C19H24FN3O. The van der Waals surface area contributed by atoms with Crippen molar-refractivity contribution in [1.82, 2.24) is 9.72 Å². The molecular weight excluding hydrogens is 305 g/mol. The zero-order chi connectivity index (χ0) is 17.0. The minimum atomic E-state index is -0.309. The Morgan fingerprint density at radius 3 is 2.46 bits per heavy atom. The largest absolute Gasteiger partial charge is 0.366 e. The molecule has 0 unspecified atom stereocenters. The lowest BCUT2D eigenvalue weighted by atomic mass is 10.0. The number of aryl methyl sites for hydroxylation is 1. The summed E-state index contributed by atoms with van der Waals surface area (Å²) < 4.78 is 16.4. The van der Waals surface area contributed by atoms with Crippen LogP contribution in [0.15, 0.2) is 23.1 Å². The highest BCUT2D eigenvalue weighted by Gasteiger charge is 2.30. The van der Waals surface area contributed by atoms with E-state index in [1.54, 1.807) is 6.07 Å². The molecule has 2 aliphatic rings. The van der Waals surface area contributed by atoms with Gasteiger partial charge < -0.3 is 10.2 Å². The molecule has 2 aromatic heterocycles. The highest BCUT2D eigenvalue weighted by Crippen LogP contribution is 2.43. The first-order chi connectivity index (χ1) is 11.5. The summed E-state index contributed by atoms with van der Waals surface area (Å²) in [5.74, 6) is 0.204. The van der Waals surface area contributed by atoms with Crippen molar-refractivity contribution in [2.75, 3.05) is 18.0 Å². The van der Waals surface area contributed by atoms with Crippen molar-refractivity contribution in [2.24, 2.45) is 0 Å². The molecule has 1 N–H and O–H groups in total. The summed E-state index contributed by atoms with van der Waals surface area (Å²) in [6.45, 7) is 7.74. The maximum Gasteiger partial charge on any atom is 0.255 e. The molecule has 1 aliphatic carbocycles. The Kier molecular flexibility index (Phi) is 3.64. The van der Waals surface area contributed by atoms with Crippen LogP contribution in [0.25, 0.3) is 5.52 Å². The molecule has 1 saturated heterocycles. The zero-order valence-corrected chi connectivity index (χ0v) is 14.5. The minimum Gasteiger partial charge on any atom is -0.366 e. The Labute approximate surface area is 141 Å². The molecule has 2 aromatic rings. The molecule has 128 valence electrons. The monoisotopic (exact) mass is 329 g/mol. The van der Waals surface area contributed by atoms with Crippen LogP contribution >= 0.6 is 0 Å². The molecule has 4 nitrogen and oxygen atoms in total. The van der Waals surface area contributed by atoms with Crippen LogP contribution in [0.5, 0.6) is 0 Å². The summed E-state index contributed by atoms with van der Waals surface area (Å²) in [4.78, 5) is 14.4. The van der Waals surface area contributed by atoms with E-state index in [0.717, 1.165) is 37.0 Å². The Hall–Kier alpha value is -1.88. The van der Waals surface area contributed by atoms with Gasteiger partial charge in [-0.15, -0.1) is 0 Å². The van der Waals surface area contributed by atoms with Gasteiger partial charge in [0.1, 0.15) is 0 Å². The Morgan fingerprint density at radius 1 is 1.17 bits per heavy atom. The normalized spacial score (nSPS) is 24.6. The van der Waals surface area contributed by atoms with Gasteiger partial charge in [0.05, 0.1) is 17.4 Å². The third-order valence-corrected chi connectivity index (χ3v) is 5.23. The summed E-state index contributed by atoms with van der Waals surface area (Å²) >= 11 is 0. The quantitative estimate of drug-likeness (QED) is 0.920. The van der Waals surface area contributed by atoms with Gasteiger partial charge in [0, 0.05) is 31.2 Å². The van der Waals surface area contributed by atoms with Gasteiger partial charge in [-0.2, -0.15) is 0 Å². The van der Waals surface area contributed by atoms with Gasteiger partial charge in [0.25, 0.3) is 5.56 Å². The van der Waals surface area contributed by atoms with Crippen LogP contribution in [-0.2, 0) is 0 Å². The summed E-state index contributed by atoms with van der Waals surface area (Å²) in [7, 11) is 0. The Balaban J connectivity index is 1.93.